The van der Waals surface area contributed by atoms with E-state index in [1.165, 1.54) is 33.3 Å². The van der Waals surface area contributed by atoms with Gasteiger partial charge in [0.1, 0.15) is 0 Å². The van der Waals surface area contributed by atoms with E-state index in [1.807, 2.05) is 42.5 Å². The lowest BCUT2D eigenvalue weighted by atomic mass is 10.0. The van der Waals surface area contributed by atoms with Gasteiger partial charge in [-0.2, -0.15) is 0 Å². The molecule has 4 aromatic rings. The lowest BCUT2D eigenvalue weighted by molar-refractivity contribution is 0.102. The highest BCUT2D eigenvalue weighted by Gasteiger charge is 2.12. The van der Waals surface area contributed by atoms with E-state index in [1.54, 1.807) is 0 Å². The zero-order valence-corrected chi connectivity index (χ0v) is 20.1. The van der Waals surface area contributed by atoms with E-state index in [4.69, 9.17) is 0 Å². The Morgan fingerprint density at radius 2 is 1.61 bits per heavy atom. The molecule has 1 N–H and O–H groups in total. The number of nitrogens with zero attached hydrogens (tertiary/aromatic N) is 2. The fourth-order valence-electron chi connectivity index (χ4n) is 4.37. The lowest BCUT2D eigenvalue weighted by Gasteiger charge is -2.12. The van der Waals surface area contributed by atoms with Crippen molar-refractivity contribution in [1.29, 1.82) is 0 Å². The van der Waals surface area contributed by atoms with Crippen molar-refractivity contribution in [3.05, 3.63) is 101 Å². The van der Waals surface area contributed by atoms with Crippen molar-refractivity contribution in [2.45, 2.75) is 33.2 Å². The molecule has 4 heteroatoms. The minimum absolute atomic E-state index is 0.0872. The van der Waals surface area contributed by atoms with Gasteiger partial charge in [0.25, 0.3) is 5.91 Å². The molecule has 4 rings (SSSR count). The van der Waals surface area contributed by atoms with Crippen LogP contribution in [0.3, 0.4) is 0 Å². The molecule has 0 spiro atoms. The van der Waals surface area contributed by atoms with Crippen molar-refractivity contribution in [2.24, 2.45) is 0 Å². The highest BCUT2D eigenvalue weighted by molar-refractivity contribution is 6.04. The number of aryl methyl sites for hydroxylation is 2. The maximum absolute atomic E-state index is 12.5. The summed E-state index contributed by atoms with van der Waals surface area (Å²) in [5.74, 6) is -0.0872. The predicted molar refractivity (Wildman–Crippen MR) is 138 cm³/mol. The molecule has 4 nitrogen and oxygen atoms in total. The first-order valence-electron chi connectivity index (χ1n) is 11.6. The quantitative estimate of drug-likeness (QED) is 0.363. The molecular weight excluding hydrogens is 406 g/mol. The molecule has 0 aliphatic carbocycles. The predicted octanol–water partition coefficient (Wildman–Crippen LogP) is 6.05. The maximum Gasteiger partial charge on any atom is 0.255 e. The molecule has 0 saturated heterocycles. The van der Waals surface area contributed by atoms with E-state index in [0.717, 1.165) is 31.6 Å². The molecule has 0 saturated carbocycles. The van der Waals surface area contributed by atoms with Gasteiger partial charge in [0, 0.05) is 34.4 Å². The number of para-hydroxylation sites is 1. The van der Waals surface area contributed by atoms with Crippen molar-refractivity contribution in [2.75, 3.05) is 26.0 Å². The zero-order chi connectivity index (χ0) is 23.4. The number of nitrogens with one attached hydrogen (secondary N) is 1. The largest absolute Gasteiger partial charge is 0.345 e. The Morgan fingerprint density at radius 3 is 2.30 bits per heavy atom. The van der Waals surface area contributed by atoms with E-state index >= 15 is 0 Å². The second-order valence-electron chi connectivity index (χ2n) is 9.06. The number of hydrogen-bond acceptors (Lipinski definition) is 2. The summed E-state index contributed by atoms with van der Waals surface area (Å²) >= 11 is 0. The Kier molecular flexibility index (Phi) is 6.95. The smallest absolute Gasteiger partial charge is 0.255 e. The molecule has 3 aromatic carbocycles. The van der Waals surface area contributed by atoms with Crippen LogP contribution in [0.4, 0.5) is 5.69 Å². The average molecular weight is 440 g/mol. The Labute approximate surface area is 196 Å². The average Bonchev–Trinajstić information content (AvgIpc) is 3.04. The number of anilines is 1. The monoisotopic (exact) mass is 439 g/mol. The normalized spacial score (nSPS) is 11.3. The summed E-state index contributed by atoms with van der Waals surface area (Å²) in [5, 5.41) is 4.28. The Morgan fingerprint density at radius 1 is 0.909 bits per heavy atom. The van der Waals surface area contributed by atoms with Crippen molar-refractivity contribution in [3.63, 3.8) is 0 Å². The van der Waals surface area contributed by atoms with Crippen molar-refractivity contribution >= 4 is 22.5 Å². The van der Waals surface area contributed by atoms with Gasteiger partial charge in [-0.3, -0.25) is 4.79 Å². The van der Waals surface area contributed by atoms with E-state index < -0.39 is 0 Å². The molecule has 1 heterocycles. The summed E-state index contributed by atoms with van der Waals surface area (Å²) in [7, 11) is 4.25. The van der Waals surface area contributed by atoms with Gasteiger partial charge in [-0.05, 0) is 100 Å². The van der Waals surface area contributed by atoms with Crippen LogP contribution in [0.15, 0.2) is 72.8 Å². The number of benzene rings is 3. The fraction of sp³-hybridized carbons (Fsp3) is 0.276. The Hall–Kier alpha value is -3.37. The van der Waals surface area contributed by atoms with Gasteiger partial charge in [0.2, 0.25) is 0 Å². The molecule has 33 heavy (non-hydrogen) atoms. The number of hydrogen-bond donors (Lipinski definition) is 1. The van der Waals surface area contributed by atoms with Gasteiger partial charge in [0.05, 0.1) is 0 Å². The van der Waals surface area contributed by atoms with E-state index in [0.29, 0.717) is 5.56 Å². The molecule has 170 valence electrons. The molecule has 1 amide bonds. The van der Waals surface area contributed by atoms with E-state index in [-0.39, 0.29) is 5.91 Å². The van der Waals surface area contributed by atoms with Gasteiger partial charge in [0.15, 0.2) is 0 Å². The van der Waals surface area contributed by atoms with Crippen LogP contribution in [0.5, 0.6) is 0 Å². The molecular formula is C29H33N3O. The molecule has 0 aliphatic heterocycles. The van der Waals surface area contributed by atoms with Crippen LogP contribution in [-0.2, 0) is 13.0 Å². The van der Waals surface area contributed by atoms with Crippen molar-refractivity contribution < 1.29 is 4.79 Å². The van der Waals surface area contributed by atoms with Gasteiger partial charge in [-0.1, -0.05) is 36.4 Å². The summed E-state index contributed by atoms with van der Waals surface area (Å²) < 4.78 is 2.46. The first kappa shape index (κ1) is 22.8. The highest BCUT2D eigenvalue weighted by Crippen LogP contribution is 2.27. The second kappa shape index (κ2) is 10.1. The fourth-order valence-corrected chi connectivity index (χ4v) is 4.37. The maximum atomic E-state index is 12.5. The Balaban J connectivity index is 1.47. The standard InChI is InChI=1S/C29H33N3O/c1-21-22(2)32(18-8-17-31(3)4)28-16-13-24(20-27(21)28)19-23-11-14-25(15-12-23)29(33)30-26-9-6-5-7-10-26/h5-7,9-16,20H,8,17-19H2,1-4H3,(H,30,33). The molecule has 0 aliphatic rings. The molecule has 0 fully saturated rings. The summed E-state index contributed by atoms with van der Waals surface area (Å²) in [6.45, 7) is 6.59. The van der Waals surface area contributed by atoms with Crippen LogP contribution in [0.25, 0.3) is 10.9 Å². The number of rotatable bonds is 8. The van der Waals surface area contributed by atoms with Gasteiger partial charge in [-0.15, -0.1) is 0 Å². The SMILES string of the molecule is Cc1c(C)n(CCCN(C)C)c2ccc(Cc3ccc(C(=O)Nc4ccccc4)cc3)cc12. The number of aromatic nitrogens is 1. The van der Waals surface area contributed by atoms with Gasteiger partial charge < -0.3 is 14.8 Å². The minimum atomic E-state index is -0.0872. The number of fused-ring (bicyclic) bond motifs is 1. The van der Waals surface area contributed by atoms with Crippen molar-refractivity contribution in [1.82, 2.24) is 9.47 Å². The highest BCUT2D eigenvalue weighted by atomic mass is 16.1. The second-order valence-corrected chi connectivity index (χ2v) is 9.06. The number of amides is 1. The summed E-state index contributed by atoms with van der Waals surface area (Å²) in [4.78, 5) is 14.7. The molecule has 0 atom stereocenters. The van der Waals surface area contributed by atoms with Gasteiger partial charge in [-0.25, -0.2) is 0 Å². The zero-order valence-electron chi connectivity index (χ0n) is 20.1. The first-order chi connectivity index (χ1) is 15.9. The van der Waals surface area contributed by atoms with Crippen LogP contribution in [0.2, 0.25) is 0 Å². The summed E-state index contributed by atoms with van der Waals surface area (Å²) in [6.07, 6.45) is 1.99. The number of carbonyl (C=O) groups excluding carboxylic acids is 1. The molecule has 0 unspecified atom stereocenters. The lowest BCUT2D eigenvalue weighted by Crippen LogP contribution is -2.15. The van der Waals surface area contributed by atoms with Crippen LogP contribution in [-0.4, -0.2) is 36.0 Å². The minimum Gasteiger partial charge on any atom is -0.345 e. The summed E-state index contributed by atoms with van der Waals surface area (Å²) in [6, 6.07) is 24.3. The third-order valence-electron chi connectivity index (χ3n) is 6.35. The van der Waals surface area contributed by atoms with E-state index in [2.05, 4.69) is 73.1 Å². The van der Waals surface area contributed by atoms with Crippen LogP contribution >= 0.6 is 0 Å². The van der Waals surface area contributed by atoms with E-state index in [9.17, 15) is 4.79 Å². The number of carbonyl (C=O) groups is 1. The summed E-state index contributed by atoms with van der Waals surface area (Å²) in [5.41, 5.74) is 8.00. The molecule has 0 radical (unpaired) electrons. The third kappa shape index (κ3) is 5.35. The van der Waals surface area contributed by atoms with Crippen molar-refractivity contribution in [3.8, 4) is 0 Å². The van der Waals surface area contributed by atoms with Gasteiger partial charge >= 0.3 is 0 Å². The van der Waals surface area contributed by atoms with Crippen LogP contribution in [0.1, 0.15) is 39.2 Å². The topological polar surface area (TPSA) is 37.3 Å². The molecule has 0 bridgehead atoms. The third-order valence-corrected chi connectivity index (χ3v) is 6.35. The van der Waals surface area contributed by atoms with Crippen LogP contribution in [0, 0.1) is 13.8 Å². The Bertz CT molecular complexity index is 1240. The van der Waals surface area contributed by atoms with Crippen LogP contribution < -0.4 is 5.32 Å². The first-order valence-corrected chi connectivity index (χ1v) is 11.6. The molecule has 1 aromatic heterocycles.